The van der Waals surface area contributed by atoms with Gasteiger partial charge in [0.05, 0.1) is 25.0 Å². The third kappa shape index (κ3) is 4.32. The van der Waals surface area contributed by atoms with E-state index in [1.165, 1.54) is 12.8 Å². The summed E-state index contributed by atoms with van der Waals surface area (Å²) in [6, 6.07) is 9.44. The van der Waals surface area contributed by atoms with Gasteiger partial charge in [-0.25, -0.2) is 0 Å². The van der Waals surface area contributed by atoms with Gasteiger partial charge < -0.3 is 15.0 Å². The van der Waals surface area contributed by atoms with Crippen LogP contribution in [0.3, 0.4) is 0 Å². The van der Waals surface area contributed by atoms with Gasteiger partial charge in [0.25, 0.3) is 0 Å². The summed E-state index contributed by atoms with van der Waals surface area (Å²) in [5.41, 5.74) is 2.98. The van der Waals surface area contributed by atoms with Crippen LogP contribution in [-0.4, -0.2) is 41.2 Å². The van der Waals surface area contributed by atoms with Crippen LogP contribution in [-0.2, 0) is 11.3 Å². The molecular weight excluding hydrogens is 316 g/mol. The second-order valence-electron chi connectivity index (χ2n) is 6.62. The number of benzene rings is 1. The minimum Gasteiger partial charge on any atom is -0.497 e. The molecule has 1 atom stereocenters. The van der Waals surface area contributed by atoms with E-state index in [2.05, 4.69) is 21.6 Å². The molecule has 1 aromatic carbocycles. The number of likely N-dealkylation sites (N-methyl/N-ethyl adjacent to an activating group) is 1. The average Bonchev–Trinajstić information content (AvgIpc) is 3.39. The van der Waals surface area contributed by atoms with Crippen molar-refractivity contribution in [2.24, 2.45) is 0 Å². The van der Waals surface area contributed by atoms with Crippen LogP contribution in [0.2, 0.25) is 0 Å². The molecule has 1 aromatic heterocycles. The molecule has 25 heavy (non-hydrogen) atoms. The fourth-order valence-corrected chi connectivity index (χ4v) is 2.90. The summed E-state index contributed by atoms with van der Waals surface area (Å²) in [7, 11) is 3.46. The zero-order chi connectivity index (χ0) is 17.8. The lowest BCUT2D eigenvalue weighted by Gasteiger charge is -2.24. The van der Waals surface area contributed by atoms with E-state index in [-0.39, 0.29) is 11.9 Å². The lowest BCUT2D eigenvalue weighted by atomic mass is 10.1. The molecule has 1 aliphatic carbocycles. The normalized spacial score (nSPS) is 14.8. The SMILES string of the molecule is CCC(Nc1cccc(OC)c1)C(=O)N(C)Cc1cc(C2CC2)n[nH]1. The second kappa shape index (κ2) is 7.59. The van der Waals surface area contributed by atoms with Crippen molar-refractivity contribution in [2.45, 2.75) is 44.7 Å². The Balaban J connectivity index is 1.61. The van der Waals surface area contributed by atoms with Gasteiger partial charge in [-0.15, -0.1) is 0 Å². The molecule has 134 valence electrons. The molecule has 6 nitrogen and oxygen atoms in total. The van der Waals surface area contributed by atoms with Gasteiger partial charge in [0, 0.05) is 24.7 Å². The van der Waals surface area contributed by atoms with Gasteiger partial charge in [-0.05, 0) is 37.5 Å². The van der Waals surface area contributed by atoms with Crippen LogP contribution >= 0.6 is 0 Å². The number of nitrogens with one attached hydrogen (secondary N) is 2. The number of aromatic amines is 1. The number of rotatable bonds is 8. The zero-order valence-electron chi connectivity index (χ0n) is 15.1. The van der Waals surface area contributed by atoms with Crippen LogP contribution in [0.4, 0.5) is 5.69 Å². The largest absolute Gasteiger partial charge is 0.497 e. The first kappa shape index (κ1) is 17.3. The highest BCUT2D eigenvalue weighted by Gasteiger charge is 2.27. The number of hydrogen-bond donors (Lipinski definition) is 2. The lowest BCUT2D eigenvalue weighted by molar-refractivity contribution is -0.131. The molecule has 0 bridgehead atoms. The van der Waals surface area contributed by atoms with Crippen LogP contribution in [0.25, 0.3) is 0 Å². The molecule has 1 amide bonds. The summed E-state index contributed by atoms with van der Waals surface area (Å²) in [4.78, 5) is 14.5. The highest BCUT2D eigenvalue weighted by Crippen LogP contribution is 2.39. The lowest BCUT2D eigenvalue weighted by Crippen LogP contribution is -2.40. The van der Waals surface area contributed by atoms with E-state index in [9.17, 15) is 4.79 Å². The molecule has 0 aliphatic heterocycles. The van der Waals surface area contributed by atoms with E-state index in [1.54, 1.807) is 12.0 Å². The van der Waals surface area contributed by atoms with Crippen molar-refractivity contribution >= 4 is 11.6 Å². The van der Waals surface area contributed by atoms with Crippen molar-refractivity contribution in [1.82, 2.24) is 15.1 Å². The summed E-state index contributed by atoms with van der Waals surface area (Å²) in [5, 5.41) is 10.7. The second-order valence-corrected chi connectivity index (χ2v) is 6.62. The predicted octanol–water partition coefficient (Wildman–Crippen LogP) is 3.14. The van der Waals surface area contributed by atoms with E-state index >= 15 is 0 Å². The van der Waals surface area contributed by atoms with Crippen molar-refractivity contribution in [2.75, 3.05) is 19.5 Å². The predicted molar refractivity (Wildman–Crippen MR) is 97.7 cm³/mol. The first-order chi connectivity index (χ1) is 12.1. The van der Waals surface area contributed by atoms with Crippen molar-refractivity contribution in [1.29, 1.82) is 0 Å². The number of amides is 1. The molecule has 2 aromatic rings. The first-order valence-electron chi connectivity index (χ1n) is 8.80. The molecule has 1 fully saturated rings. The Hall–Kier alpha value is -2.50. The number of methoxy groups -OCH3 is 1. The van der Waals surface area contributed by atoms with Crippen LogP contribution in [0.1, 0.15) is 43.5 Å². The van der Waals surface area contributed by atoms with Crippen molar-refractivity contribution < 1.29 is 9.53 Å². The number of H-pyrrole nitrogens is 1. The molecule has 0 spiro atoms. The van der Waals surface area contributed by atoms with Gasteiger partial charge in [0.15, 0.2) is 0 Å². The molecule has 6 heteroatoms. The fourth-order valence-electron chi connectivity index (χ4n) is 2.90. The van der Waals surface area contributed by atoms with E-state index in [4.69, 9.17) is 4.74 Å². The molecule has 3 rings (SSSR count). The van der Waals surface area contributed by atoms with Crippen LogP contribution in [0.5, 0.6) is 5.75 Å². The Labute approximate surface area is 148 Å². The van der Waals surface area contributed by atoms with Crippen LogP contribution in [0.15, 0.2) is 30.3 Å². The molecule has 1 heterocycles. The molecule has 0 radical (unpaired) electrons. The maximum absolute atomic E-state index is 12.8. The third-order valence-electron chi connectivity index (χ3n) is 4.55. The Morgan fingerprint density at radius 2 is 2.24 bits per heavy atom. The molecule has 2 N–H and O–H groups in total. The van der Waals surface area contributed by atoms with E-state index in [1.807, 2.05) is 38.2 Å². The van der Waals surface area contributed by atoms with Crippen molar-refractivity contribution in [3.05, 3.63) is 41.7 Å². The number of carbonyl (C=O) groups excluding carboxylic acids is 1. The van der Waals surface area contributed by atoms with Crippen molar-refractivity contribution in [3.8, 4) is 5.75 Å². The Morgan fingerprint density at radius 3 is 2.92 bits per heavy atom. The van der Waals surface area contributed by atoms with Gasteiger partial charge in [-0.2, -0.15) is 5.10 Å². The van der Waals surface area contributed by atoms with E-state index < -0.39 is 0 Å². The average molecular weight is 342 g/mol. The topological polar surface area (TPSA) is 70.2 Å². The highest BCUT2D eigenvalue weighted by atomic mass is 16.5. The van der Waals surface area contributed by atoms with Crippen LogP contribution in [0, 0.1) is 0 Å². The molecule has 0 saturated heterocycles. The quantitative estimate of drug-likeness (QED) is 0.773. The number of anilines is 1. The van der Waals surface area contributed by atoms with Gasteiger partial charge in [0.2, 0.25) is 5.91 Å². The third-order valence-corrected chi connectivity index (χ3v) is 4.55. The Bertz CT molecular complexity index is 724. The smallest absolute Gasteiger partial charge is 0.245 e. The summed E-state index contributed by atoms with van der Waals surface area (Å²) in [5.74, 6) is 1.45. The van der Waals surface area contributed by atoms with E-state index in [0.717, 1.165) is 22.8 Å². The maximum atomic E-state index is 12.8. The summed E-state index contributed by atoms with van der Waals surface area (Å²) < 4.78 is 5.24. The van der Waals surface area contributed by atoms with E-state index in [0.29, 0.717) is 18.9 Å². The molecule has 1 unspecified atom stereocenters. The zero-order valence-corrected chi connectivity index (χ0v) is 15.1. The first-order valence-corrected chi connectivity index (χ1v) is 8.80. The van der Waals surface area contributed by atoms with Crippen LogP contribution < -0.4 is 10.1 Å². The minimum atomic E-state index is -0.275. The summed E-state index contributed by atoms with van der Waals surface area (Å²) in [6.07, 6.45) is 3.15. The monoisotopic (exact) mass is 342 g/mol. The standard InChI is InChI=1S/C19H26N4O2/c1-4-17(20-14-6-5-7-16(10-14)25-3)19(24)23(2)12-15-11-18(22-21-15)13-8-9-13/h5-7,10-11,13,17,20H,4,8-9,12H2,1-3H3,(H,21,22). The highest BCUT2D eigenvalue weighted by molar-refractivity contribution is 5.84. The fraction of sp³-hybridized carbons (Fsp3) is 0.474. The molecule has 1 saturated carbocycles. The number of nitrogens with zero attached hydrogens (tertiary/aromatic N) is 2. The van der Waals surface area contributed by atoms with Gasteiger partial charge in [0.1, 0.15) is 11.8 Å². The molecule has 1 aliphatic rings. The van der Waals surface area contributed by atoms with Gasteiger partial charge in [-0.3, -0.25) is 9.89 Å². The summed E-state index contributed by atoms with van der Waals surface area (Å²) in [6.45, 7) is 2.54. The number of aromatic nitrogens is 2. The number of ether oxygens (including phenoxy) is 1. The molecular formula is C19H26N4O2. The minimum absolute atomic E-state index is 0.0629. The number of carbonyl (C=O) groups is 1. The van der Waals surface area contributed by atoms with Gasteiger partial charge >= 0.3 is 0 Å². The van der Waals surface area contributed by atoms with Crippen molar-refractivity contribution in [3.63, 3.8) is 0 Å². The van der Waals surface area contributed by atoms with Gasteiger partial charge in [-0.1, -0.05) is 13.0 Å². The Morgan fingerprint density at radius 1 is 1.44 bits per heavy atom. The number of hydrogen-bond acceptors (Lipinski definition) is 4. The maximum Gasteiger partial charge on any atom is 0.245 e. The Kier molecular flexibility index (Phi) is 5.26. The summed E-state index contributed by atoms with van der Waals surface area (Å²) >= 11 is 0.